The third kappa shape index (κ3) is 4.59. The summed E-state index contributed by atoms with van der Waals surface area (Å²) in [6, 6.07) is 14.0. The van der Waals surface area contributed by atoms with Crippen LogP contribution in [0, 0.1) is 0 Å². The Bertz CT molecular complexity index is 1070. The number of nitrogens with one attached hydrogen (secondary N) is 1. The molecule has 7 nitrogen and oxygen atoms in total. The molecule has 1 fully saturated rings. The number of fused-ring (bicyclic) bond motifs is 1. The predicted octanol–water partition coefficient (Wildman–Crippen LogP) is 3.39. The molecular weight excluding hydrogens is 406 g/mol. The summed E-state index contributed by atoms with van der Waals surface area (Å²) in [5, 5.41) is 4.13. The lowest BCUT2D eigenvalue weighted by Crippen LogP contribution is -2.43. The van der Waals surface area contributed by atoms with E-state index < -0.39 is 0 Å². The number of para-hydroxylation sites is 1. The van der Waals surface area contributed by atoms with Crippen LogP contribution in [0.4, 0.5) is 0 Å². The number of ether oxygens (including phenoxy) is 3. The Morgan fingerprint density at radius 1 is 1.16 bits per heavy atom. The number of hydrogen-bond acceptors (Lipinski definition) is 5. The largest absolute Gasteiger partial charge is 0.493 e. The fourth-order valence-electron chi connectivity index (χ4n) is 4.32. The van der Waals surface area contributed by atoms with Gasteiger partial charge in [-0.2, -0.15) is 0 Å². The van der Waals surface area contributed by atoms with Gasteiger partial charge in [-0.3, -0.25) is 9.69 Å². The molecule has 1 aliphatic rings. The first-order chi connectivity index (χ1) is 15.6. The van der Waals surface area contributed by atoms with Gasteiger partial charge < -0.3 is 24.1 Å². The summed E-state index contributed by atoms with van der Waals surface area (Å²) in [5.41, 5.74) is 2.80. The molecule has 1 amide bonds. The number of hydrogen-bond donors (Lipinski definition) is 1. The van der Waals surface area contributed by atoms with E-state index in [4.69, 9.17) is 14.2 Å². The Kier molecular flexibility index (Phi) is 6.97. The summed E-state index contributed by atoms with van der Waals surface area (Å²) in [5.74, 6) is 1.35. The van der Waals surface area contributed by atoms with Gasteiger partial charge in [-0.1, -0.05) is 24.3 Å². The van der Waals surface area contributed by atoms with E-state index in [9.17, 15) is 4.79 Å². The van der Waals surface area contributed by atoms with Gasteiger partial charge in [0.05, 0.1) is 38.5 Å². The van der Waals surface area contributed by atoms with Gasteiger partial charge in [0.2, 0.25) is 0 Å². The summed E-state index contributed by atoms with van der Waals surface area (Å²) in [6.07, 6.45) is 1.89. The van der Waals surface area contributed by atoms with Gasteiger partial charge in [0.15, 0.2) is 11.5 Å². The Balaban J connectivity index is 1.58. The van der Waals surface area contributed by atoms with Crippen LogP contribution in [0.3, 0.4) is 0 Å². The van der Waals surface area contributed by atoms with E-state index >= 15 is 0 Å². The molecule has 0 saturated carbocycles. The van der Waals surface area contributed by atoms with Crippen LogP contribution in [0.1, 0.15) is 28.9 Å². The van der Waals surface area contributed by atoms with E-state index in [-0.39, 0.29) is 11.9 Å². The summed E-state index contributed by atoms with van der Waals surface area (Å²) in [7, 11) is 3.61. The summed E-state index contributed by atoms with van der Waals surface area (Å²) < 4.78 is 18.8. The zero-order valence-corrected chi connectivity index (χ0v) is 19.0. The molecule has 1 aliphatic heterocycles. The quantitative estimate of drug-likeness (QED) is 0.585. The fraction of sp³-hybridized carbons (Fsp3) is 0.400. The molecule has 32 heavy (non-hydrogen) atoms. The van der Waals surface area contributed by atoms with Crippen LogP contribution >= 0.6 is 0 Å². The van der Waals surface area contributed by atoms with Crippen molar-refractivity contribution in [3.8, 4) is 11.5 Å². The van der Waals surface area contributed by atoms with Gasteiger partial charge in [0.1, 0.15) is 0 Å². The van der Waals surface area contributed by atoms with E-state index in [1.165, 1.54) is 0 Å². The van der Waals surface area contributed by atoms with Crippen molar-refractivity contribution >= 4 is 16.8 Å². The van der Waals surface area contributed by atoms with E-state index in [2.05, 4.69) is 16.3 Å². The third-order valence-electron chi connectivity index (χ3n) is 5.96. The van der Waals surface area contributed by atoms with Gasteiger partial charge >= 0.3 is 0 Å². The van der Waals surface area contributed by atoms with Crippen molar-refractivity contribution in [3.05, 3.63) is 59.8 Å². The number of nitrogens with zero attached hydrogens (tertiary/aromatic N) is 2. The van der Waals surface area contributed by atoms with Crippen molar-refractivity contribution in [2.45, 2.75) is 13.0 Å². The number of methoxy groups -OCH3 is 1. The van der Waals surface area contributed by atoms with Crippen LogP contribution in [-0.2, 0) is 11.8 Å². The summed E-state index contributed by atoms with van der Waals surface area (Å²) in [4.78, 5) is 15.5. The van der Waals surface area contributed by atoms with Crippen molar-refractivity contribution in [2.24, 2.45) is 7.05 Å². The number of carbonyl (C=O) groups excluding carboxylic acids is 1. The Morgan fingerprint density at radius 2 is 1.94 bits per heavy atom. The highest BCUT2D eigenvalue weighted by atomic mass is 16.5. The summed E-state index contributed by atoms with van der Waals surface area (Å²) in [6.45, 7) is 5.99. The first-order valence-electron chi connectivity index (χ1n) is 11.1. The highest BCUT2D eigenvalue weighted by molar-refractivity contribution is 6.07. The standard InChI is InChI=1S/C25H31N3O4/c1-4-32-23-10-9-18(15-24(23)30-3)22(28-11-13-31-14-12-28)16-26-25(29)20-17-27(2)21-8-6-5-7-19(20)21/h5-10,15,17,22H,4,11-14,16H2,1-3H3,(H,26,29)/t22-/m1/s1. The highest BCUT2D eigenvalue weighted by Gasteiger charge is 2.25. The second kappa shape index (κ2) is 10.1. The second-order valence-corrected chi connectivity index (χ2v) is 7.89. The van der Waals surface area contributed by atoms with Crippen molar-refractivity contribution in [1.82, 2.24) is 14.8 Å². The number of aromatic nitrogens is 1. The summed E-state index contributed by atoms with van der Waals surface area (Å²) >= 11 is 0. The van der Waals surface area contributed by atoms with E-state index in [0.717, 1.165) is 35.3 Å². The van der Waals surface area contributed by atoms with Gasteiger partial charge in [0.25, 0.3) is 5.91 Å². The Morgan fingerprint density at radius 3 is 2.69 bits per heavy atom. The third-order valence-corrected chi connectivity index (χ3v) is 5.96. The Labute approximate surface area is 188 Å². The lowest BCUT2D eigenvalue weighted by atomic mass is 10.0. The first-order valence-corrected chi connectivity index (χ1v) is 11.1. The molecule has 0 aliphatic carbocycles. The van der Waals surface area contributed by atoms with Gasteiger partial charge in [-0.15, -0.1) is 0 Å². The molecule has 0 bridgehead atoms. The van der Waals surface area contributed by atoms with Gasteiger partial charge in [0, 0.05) is 43.8 Å². The second-order valence-electron chi connectivity index (χ2n) is 7.89. The molecule has 0 unspecified atom stereocenters. The van der Waals surface area contributed by atoms with Crippen LogP contribution in [-0.4, -0.2) is 61.9 Å². The molecule has 1 atom stereocenters. The number of aryl methyl sites for hydroxylation is 1. The van der Waals surface area contributed by atoms with Gasteiger partial charge in [-0.05, 0) is 30.7 Å². The zero-order chi connectivity index (χ0) is 22.5. The normalized spacial score (nSPS) is 15.5. The number of rotatable bonds is 8. The molecule has 3 aromatic rings. The first kappa shape index (κ1) is 22.2. The molecule has 1 aromatic heterocycles. The molecule has 7 heteroatoms. The SMILES string of the molecule is CCOc1ccc([C@@H](CNC(=O)c2cn(C)c3ccccc23)N2CCOCC2)cc1OC. The van der Waals surface area contributed by atoms with E-state index in [1.807, 2.05) is 61.1 Å². The van der Waals surface area contributed by atoms with Crippen molar-refractivity contribution in [3.63, 3.8) is 0 Å². The number of carbonyl (C=O) groups is 1. The zero-order valence-electron chi connectivity index (χ0n) is 19.0. The van der Waals surface area contributed by atoms with Gasteiger partial charge in [-0.25, -0.2) is 0 Å². The van der Waals surface area contributed by atoms with Crippen LogP contribution in [0.2, 0.25) is 0 Å². The van der Waals surface area contributed by atoms with E-state index in [1.54, 1.807) is 7.11 Å². The van der Waals surface area contributed by atoms with Crippen molar-refractivity contribution in [2.75, 3.05) is 46.6 Å². The van der Waals surface area contributed by atoms with Crippen LogP contribution in [0.15, 0.2) is 48.7 Å². The van der Waals surface area contributed by atoms with Crippen molar-refractivity contribution in [1.29, 1.82) is 0 Å². The molecule has 1 saturated heterocycles. The number of benzene rings is 2. The molecule has 1 N–H and O–H groups in total. The monoisotopic (exact) mass is 437 g/mol. The van der Waals surface area contributed by atoms with Crippen LogP contribution in [0.25, 0.3) is 10.9 Å². The minimum atomic E-state index is -0.0713. The molecule has 2 aromatic carbocycles. The minimum absolute atomic E-state index is 0.00222. The maximum absolute atomic E-state index is 13.1. The van der Waals surface area contributed by atoms with Crippen LogP contribution in [0.5, 0.6) is 11.5 Å². The molecule has 170 valence electrons. The van der Waals surface area contributed by atoms with Crippen molar-refractivity contribution < 1.29 is 19.0 Å². The molecule has 2 heterocycles. The minimum Gasteiger partial charge on any atom is -0.493 e. The molecule has 0 radical (unpaired) electrons. The Hall–Kier alpha value is -3.03. The number of amides is 1. The molecular formula is C25H31N3O4. The van der Waals surface area contributed by atoms with E-state index in [0.29, 0.717) is 37.7 Å². The number of morpholine rings is 1. The lowest BCUT2D eigenvalue weighted by molar-refractivity contribution is 0.0162. The smallest absolute Gasteiger partial charge is 0.253 e. The maximum Gasteiger partial charge on any atom is 0.253 e. The van der Waals surface area contributed by atoms with Crippen LogP contribution < -0.4 is 14.8 Å². The molecule has 4 rings (SSSR count). The lowest BCUT2D eigenvalue weighted by Gasteiger charge is -2.35. The average molecular weight is 438 g/mol. The predicted molar refractivity (Wildman–Crippen MR) is 125 cm³/mol. The average Bonchev–Trinajstić information content (AvgIpc) is 3.17. The highest BCUT2D eigenvalue weighted by Crippen LogP contribution is 2.32. The molecule has 0 spiro atoms. The fourth-order valence-corrected chi connectivity index (χ4v) is 4.32. The topological polar surface area (TPSA) is 65.0 Å². The maximum atomic E-state index is 13.1.